The summed E-state index contributed by atoms with van der Waals surface area (Å²) in [6, 6.07) is 1.37. The van der Waals surface area contributed by atoms with Crippen molar-refractivity contribution in [2.75, 3.05) is 23.4 Å². The predicted octanol–water partition coefficient (Wildman–Crippen LogP) is 1.58. The molecule has 0 aromatic carbocycles. The van der Waals surface area contributed by atoms with E-state index in [4.69, 9.17) is 0 Å². The molecule has 21 heavy (non-hydrogen) atoms. The van der Waals surface area contributed by atoms with Gasteiger partial charge in [-0.3, -0.25) is 4.79 Å². The molecule has 0 saturated carbocycles. The highest BCUT2D eigenvalue weighted by molar-refractivity contribution is 9.10. The van der Waals surface area contributed by atoms with Gasteiger partial charge in [-0.25, -0.2) is 13.4 Å². The average molecular weight is 376 g/mol. The van der Waals surface area contributed by atoms with Gasteiger partial charge >= 0.3 is 0 Å². The summed E-state index contributed by atoms with van der Waals surface area (Å²) in [5.74, 6) is 0.357. The standard InChI is InChI=1S/C13H18BrN3O3S/c1-2-4-15-12-11(6-9(14)7-16-12)13(18)17-10-3-5-21(19,20)8-10/h6-7,10H,2-5,8H2,1H3,(H,15,16)(H,17,18). The summed E-state index contributed by atoms with van der Waals surface area (Å²) in [4.78, 5) is 16.5. The Kier molecular flexibility index (Phi) is 5.21. The number of halogens is 1. The molecule has 0 bridgehead atoms. The van der Waals surface area contributed by atoms with E-state index in [1.807, 2.05) is 6.92 Å². The largest absolute Gasteiger partial charge is 0.369 e. The second-order valence-electron chi connectivity index (χ2n) is 5.05. The molecule has 1 aromatic heterocycles. The van der Waals surface area contributed by atoms with E-state index in [2.05, 4.69) is 31.5 Å². The average Bonchev–Trinajstić information content (AvgIpc) is 2.76. The first-order chi connectivity index (χ1) is 9.91. The van der Waals surface area contributed by atoms with Crippen LogP contribution in [0.1, 0.15) is 30.1 Å². The van der Waals surface area contributed by atoms with Crippen LogP contribution < -0.4 is 10.6 Å². The molecular weight excluding hydrogens is 358 g/mol. The van der Waals surface area contributed by atoms with Crippen LogP contribution in [0.5, 0.6) is 0 Å². The lowest BCUT2D eigenvalue weighted by Gasteiger charge is -2.14. The van der Waals surface area contributed by atoms with Crippen LogP contribution in [0, 0.1) is 0 Å². The molecule has 116 valence electrons. The lowest BCUT2D eigenvalue weighted by Crippen LogP contribution is -2.36. The summed E-state index contributed by atoms with van der Waals surface area (Å²) in [6.07, 6.45) is 3.00. The first-order valence-electron chi connectivity index (χ1n) is 6.82. The Morgan fingerprint density at radius 1 is 1.52 bits per heavy atom. The molecule has 1 atom stereocenters. The monoisotopic (exact) mass is 375 g/mol. The number of hydrogen-bond acceptors (Lipinski definition) is 5. The van der Waals surface area contributed by atoms with E-state index < -0.39 is 9.84 Å². The number of rotatable bonds is 5. The maximum atomic E-state index is 12.3. The van der Waals surface area contributed by atoms with Crippen molar-refractivity contribution < 1.29 is 13.2 Å². The van der Waals surface area contributed by atoms with Gasteiger partial charge in [0.15, 0.2) is 9.84 Å². The quantitative estimate of drug-likeness (QED) is 0.815. The molecule has 1 aliphatic rings. The Morgan fingerprint density at radius 3 is 2.90 bits per heavy atom. The summed E-state index contributed by atoms with van der Waals surface area (Å²) in [6.45, 7) is 2.74. The lowest BCUT2D eigenvalue weighted by atomic mass is 10.2. The zero-order valence-corrected chi connectivity index (χ0v) is 14.1. The van der Waals surface area contributed by atoms with Crippen LogP contribution in [0.2, 0.25) is 0 Å². The SMILES string of the molecule is CCCNc1ncc(Br)cc1C(=O)NC1CCS(=O)(=O)C1. The maximum Gasteiger partial charge on any atom is 0.255 e. The number of sulfone groups is 1. The fourth-order valence-corrected chi connectivity index (χ4v) is 4.17. The van der Waals surface area contributed by atoms with Gasteiger partial charge in [0.05, 0.1) is 17.1 Å². The van der Waals surface area contributed by atoms with Gasteiger partial charge in [-0.2, -0.15) is 0 Å². The molecule has 8 heteroatoms. The minimum absolute atomic E-state index is 0.0118. The number of amides is 1. The first-order valence-corrected chi connectivity index (χ1v) is 9.43. The van der Waals surface area contributed by atoms with Crippen LogP contribution in [0.4, 0.5) is 5.82 Å². The van der Waals surface area contributed by atoms with Crippen molar-refractivity contribution in [2.45, 2.75) is 25.8 Å². The van der Waals surface area contributed by atoms with E-state index in [9.17, 15) is 13.2 Å². The van der Waals surface area contributed by atoms with E-state index >= 15 is 0 Å². The van der Waals surface area contributed by atoms with E-state index in [0.717, 1.165) is 6.42 Å². The van der Waals surface area contributed by atoms with Gasteiger partial charge in [0.2, 0.25) is 0 Å². The van der Waals surface area contributed by atoms with E-state index in [1.165, 1.54) is 0 Å². The molecule has 1 aromatic rings. The molecule has 2 N–H and O–H groups in total. The number of anilines is 1. The molecule has 6 nitrogen and oxygen atoms in total. The number of hydrogen-bond donors (Lipinski definition) is 2. The van der Waals surface area contributed by atoms with Crippen molar-refractivity contribution in [1.29, 1.82) is 0 Å². The van der Waals surface area contributed by atoms with Crippen LogP contribution in [-0.2, 0) is 9.84 Å². The summed E-state index contributed by atoms with van der Waals surface area (Å²) in [5.41, 5.74) is 0.419. The van der Waals surface area contributed by atoms with Gasteiger partial charge in [0.1, 0.15) is 5.82 Å². The highest BCUT2D eigenvalue weighted by Crippen LogP contribution is 2.19. The number of carbonyl (C=O) groups excluding carboxylic acids is 1. The normalized spacial score (nSPS) is 20.2. The van der Waals surface area contributed by atoms with Crippen molar-refractivity contribution in [3.05, 3.63) is 22.3 Å². The zero-order chi connectivity index (χ0) is 15.5. The van der Waals surface area contributed by atoms with Gasteiger partial charge in [0, 0.05) is 23.3 Å². The molecule has 1 saturated heterocycles. The zero-order valence-electron chi connectivity index (χ0n) is 11.7. The van der Waals surface area contributed by atoms with Crippen LogP contribution in [0.25, 0.3) is 0 Å². The summed E-state index contributed by atoms with van der Waals surface area (Å²) >= 11 is 3.30. The van der Waals surface area contributed by atoms with Crippen LogP contribution in [0.15, 0.2) is 16.7 Å². The Balaban J connectivity index is 2.12. The molecular formula is C13H18BrN3O3S. The van der Waals surface area contributed by atoms with Gasteiger partial charge in [-0.05, 0) is 34.8 Å². The Bertz CT molecular complexity index is 634. The minimum atomic E-state index is -3.01. The molecule has 1 unspecified atom stereocenters. The number of nitrogens with one attached hydrogen (secondary N) is 2. The van der Waals surface area contributed by atoms with Crippen molar-refractivity contribution >= 4 is 37.5 Å². The fourth-order valence-electron chi connectivity index (χ4n) is 2.17. The second-order valence-corrected chi connectivity index (χ2v) is 8.19. The van der Waals surface area contributed by atoms with Gasteiger partial charge in [-0.1, -0.05) is 6.92 Å². The topological polar surface area (TPSA) is 88.2 Å². The third-order valence-electron chi connectivity index (χ3n) is 3.21. The van der Waals surface area contributed by atoms with Crippen LogP contribution >= 0.6 is 15.9 Å². The number of carbonyl (C=O) groups is 1. The lowest BCUT2D eigenvalue weighted by molar-refractivity contribution is 0.0941. The van der Waals surface area contributed by atoms with Gasteiger partial charge in [0.25, 0.3) is 5.91 Å². The minimum Gasteiger partial charge on any atom is -0.369 e. The number of aromatic nitrogens is 1. The third-order valence-corrected chi connectivity index (χ3v) is 5.41. The molecule has 0 radical (unpaired) electrons. The molecule has 1 amide bonds. The molecule has 2 heterocycles. The molecule has 1 fully saturated rings. The number of pyridine rings is 1. The van der Waals surface area contributed by atoms with Gasteiger partial charge in [-0.15, -0.1) is 0 Å². The van der Waals surface area contributed by atoms with Crippen molar-refractivity contribution in [1.82, 2.24) is 10.3 Å². The number of nitrogens with zero attached hydrogens (tertiary/aromatic N) is 1. The summed E-state index contributed by atoms with van der Waals surface area (Å²) in [7, 11) is -3.01. The van der Waals surface area contributed by atoms with Crippen LogP contribution in [0.3, 0.4) is 0 Å². The van der Waals surface area contributed by atoms with Crippen LogP contribution in [-0.4, -0.2) is 43.4 Å². The third kappa shape index (κ3) is 4.41. The Labute approximate surface area is 132 Å². The smallest absolute Gasteiger partial charge is 0.255 e. The van der Waals surface area contributed by atoms with Gasteiger partial charge < -0.3 is 10.6 Å². The van der Waals surface area contributed by atoms with E-state index in [0.29, 0.717) is 28.8 Å². The van der Waals surface area contributed by atoms with Crippen molar-refractivity contribution in [2.24, 2.45) is 0 Å². The van der Waals surface area contributed by atoms with E-state index in [1.54, 1.807) is 12.3 Å². The second kappa shape index (κ2) is 6.74. The Hall–Kier alpha value is -1.15. The molecule has 0 spiro atoms. The highest BCUT2D eigenvalue weighted by atomic mass is 79.9. The molecule has 1 aliphatic heterocycles. The maximum absolute atomic E-state index is 12.3. The highest BCUT2D eigenvalue weighted by Gasteiger charge is 2.29. The summed E-state index contributed by atoms with van der Waals surface area (Å²) < 4.78 is 23.6. The van der Waals surface area contributed by atoms with Crippen molar-refractivity contribution in [3.63, 3.8) is 0 Å². The van der Waals surface area contributed by atoms with Crippen molar-refractivity contribution in [3.8, 4) is 0 Å². The van der Waals surface area contributed by atoms with E-state index in [-0.39, 0.29) is 23.5 Å². The molecule has 0 aliphatic carbocycles. The first kappa shape index (κ1) is 16.2. The summed E-state index contributed by atoms with van der Waals surface area (Å²) in [5, 5.41) is 5.88. The molecule has 2 rings (SSSR count). The predicted molar refractivity (Wildman–Crippen MR) is 85.2 cm³/mol. The fraction of sp³-hybridized carbons (Fsp3) is 0.538. The Morgan fingerprint density at radius 2 is 2.29 bits per heavy atom.